The monoisotopic (exact) mass is 82.0 g/mol. The molecule has 0 amide bonds. The van der Waals surface area contributed by atoms with Crippen LogP contribution in [-0.2, 0) is 0 Å². The summed E-state index contributed by atoms with van der Waals surface area (Å²) >= 11 is 0. The molecule has 0 aliphatic carbocycles. The van der Waals surface area contributed by atoms with Gasteiger partial charge in [0.05, 0.1) is 0 Å². The molecule has 0 aliphatic heterocycles. The average molecular weight is 82.0 g/mol. The van der Waals surface area contributed by atoms with Gasteiger partial charge in [0, 0.05) is 37.7 Å². The Balaban J connectivity index is 0. The summed E-state index contributed by atoms with van der Waals surface area (Å²) in [7, 11) is 0. The van der Waals surface area contributed by atoms with E-state index in [1.807, 2.05) is 6.92 Å². The molecule has 0 nitrogen and oxygen atoms in total. The van der Waals surface area contributed by atoms with Crippen LogP contribution in [0.15, 0.2) is 12.7 Å². The van der Waals surface area contributed by atoms with Gasteiger partial charge in [-0.1, -0.05) is 6.08 Å². The minimum Gasteiger partial charge on any atom is -0.103 e. The number of allylic oxidation sites excluding steroid dienone is 1. The first-order valence-corrected chi connectivity index (χ1v) is 0.986. The molecule has 0 rings (SSSR count). The summed E-state index contributed by atoms with van der Waals surface area (Å²) in [6.07, 6.45) is 1.75. The second-order valence-corrected chi connectivity index (χ2v) is 0.408. The molecule has 0 aromatic heterocycles. The minimum atomic E-state index is 0. The van der Waals surface area contributed by atoms with Gasteiger partial charge in [-0.15, -0.1) is 6.58 Å². The van der Waals surface area contributed by atoms with E-state index in [4.69, 9.17) is 0 Å². The molecule has 0 atom stereocenters. The van der Waals surface area contributed by atoms with E-state index < -0.39 is 0 Å². The van der Waals surface area contributed by atoms with Crippen LogP contribution in [0.2, 0.25) is 0 Å². The molecule has 0 aromatic carbocycles. The molecular formula is C3H6Ar. The predicted molar refractivity (Wildman–Crippen MR) is 15.9 cm³/mol. The third kappa shape index (κ3) is 12.0. The fraction of sp³-hybridized carbons (Fsp3) is 0.333. The maximum Gasteiger partial charge on any atom is 0 e. The zero-order valence-electron chi connectivity index (χ0n) is 2.64. The van der Waals surface area contributed by atoms with Gasteiger partial charge >= 0.3 is 0 Å². The second-order valence-electron chi connectivity index (χ2n) is 0.408. The Labute approximate surface area is 56.9 Å². The summed E-state index contributed by atoms with van der Waals surface area (Å²) in [4.78, 5) is 0. The fourth-order valence-electron chi connectivity index (χ4n) is 0. The molecule has 0 spiro atoms. The van der Waals surface area contributed by atoms with Gasteiger partial charge in [0.1, 0.15) is 0 Å². The fourth-order valence-corrected chi connectivity index (χ4v) is 0. The smallest absolute Gasteiger partial charge is 0 e. The average Bonchev–Trinajstić information content (AvgIpc) is 0.918. The molecule has 0 N–H and O–H groups in total. The van der Waals surface area contributed by atoms with Gasteiger partial charge in [0.2, 0.25) is 0 Å². The second kappa shape index (κ2) is 9.00. The van der Waals surface area contributed by atoms with Crippen molar-refractivity contribution in [3.8, 4) is 0 Å². The van der Waals surface area contributed by atoms with Crippen LogP contribution in [0.25, 0.3) is 0 Å². The molecule has 0 unspecified atom stereocenters. The van der Waals surface area contributed by atoms with Crippen molar-refractivity contribution < 1.29 is 37.7 Å². The zero-order valence-corrected chi connectivity index (χ0v) is 3.35. The first-order chi connectivity index (χ1) is 1.41. The van der Waals surface area contributed by atoms with E-state index in [2.05, 4.69) is 6.58 Å². The van der Waals surface area contributed by atoms with Gasteiger partial charge in [0.25, 0.3) is 0 Å². The number of rotatable bonds is 0. The Morgan fingerprint density at radius 1 is 1.75 bits per heavy atom. The van der Waals surface area contributed by atoms with Crippen molar-refractivity contribution in [3.63, 3.8) is 0 Å². The van der Waals surface area contributed by atoms with Crippen LogP contribution in [0.5, 0.6) is 0 Å². The third-order valence-corrected chi connectivity index (χ3v) is 0. The molecule has 0 aliphatic rings. The molecule has 0 heterocycles. The Morgan fingerprint density at radius 3 is 1.75 bits per heavy atom. The molecule has 0 saturated carbocycles. The molecule has 1 heteroatoms. The van der Waals surface area contributed by atoms with Crippen LogP contribution in [0, 0.1) is 37.7 Å². The van der Waals surface area contributed by atoms with E-state index >= 15 is 0 Å². The maximum atomic E-state index is 3.36. The van der Waals surface area contributed by atoms with E-state index in [1.165, 1.54) is 0 Å². The minimum absolute atomic E-state index is 0. The molecular weight excluding hydrogens is 76.0 g/mol. The molecule has 26 valence electrons. The Kier molecular flexibility index (Phi) is 20.0. The van der Waals surface area contributed by atoms with Crippen molar-refractivity contribution in [1.29, 1.82) is 0 Å². The van der Waals surface area contributed by atoms with Gasteiger partial charge < -0.3 is 0 Å². The van der Waals surface area contributed by atoms with Gasteiger partial charge in [-0.2, -0.15) is 0 Å². The maximum absolute atomic E-state index is 3.36. The standard InChI is InChI=1S/C3H6.Ar/c1-3-2;/h3H,1H2,2H3;. The molecule has 0 aromatic rings. The van der Waals surface area contributed by atoms with E-state index in [0.717, 1.165) is 0 Å². The summed E-state index contributed by atoms with van der Waals surface area (Å²) in [5.74, 6) is 0. The largest absolute Gasteiger partial charge is 0.103 e. The summed E-state index contributed by atoms with van der Waals surface area (Å²) in [5, 5.41) is 0. The van der Waals surface area contributed by atoms with Crippen molar-refractivity contribution in [2.75, 3.05) is 0 Å². The van der Waals surface area contributed by atoms with Crippen LogP contribution < -0.4 is 0 Å². The summed E-state index contributed by atoms with van der Waals surface area (Å²) in [6.45, 7) is 5.25. The first kappa shape index (κ1) is 8.89. The predicted octanol–water partition coefficient (Wildman–Crippen LogP) is 1.19. The van der Waals surface area contributed by atoms with Gasteiger partial charge in [-0.3, -0.25) is 0 Å². The molecule has 0 fully saturated rings. The number of hydrogen-bond acceptors (Lipinski definition) is 0. The Morgan fingerprint density at radius 2 is 1.75 bits per heavy atom. The quantitative estimate of drug-likeness (QED) is 0.385. The van der Waals surface area contributed by atoms with Crippen molar-refractivity contribution in [1.82, 2.24) is 0 Å². The van der Waals surface area contributed by atoms with Gasteiger partial charge in [-0.25, -0.2) is 0 Å². The van der Waals surface area contributed by atoms with E-state index in [-0.39, 0.29) is 37.7 Å². The van der Waals surface area contributed by atoms with Crippen molar-refractivity contribution >= 4 is 0 Å². The van der Waals surface area contributed by atoms with Crippen LogP contribution in [0.1, 0.15) is 6.92 Å². The normalized spacial score (nSPS) is 3.25. The van der Waals surface area contributed by atoms with E-state index in [1.54, 1.807) is 6.08 Å². The van der Waals surface area contributed by atoms with Gasteiger partial charge in [-0.05, 0) is 6.92 Å². The zero-order chi connectivity index (χ0) is 2.71. The van der Waals surface area contributed by atoms with Crippen LogP contribution in [0.3, 0.4) is 0 Å². The van der Waals surface area contributed by atoms with E-state index in [0.29, 0.717) is 0 Å². The Bertz CT molecular complexity index is 10.8. The SMILES string of the molecule is C=CC.[Ar]. The van der Waals surface area contributed by atoms with Crippen molar-refractivity contribution in [3.05, 3.63) is 12.7 Å². The van der Waals surface area contributed by atoms with E-state index in [9.17, 15) is 0 Å². The molecule has 4 heavy (non-hydrogen) atoms. The Hall–Kier alpha value is 1.000. The summed E-state index contributed by atoms with van der Waals surface area (Å²) in [5.41, 5.74) is 0. The summed E-state index contributed by atoms with van der Waals surface area (Å²) in [6, 6.07) is 0. The topological polar surface area (TPSA) is 0 Å². The van der Waals surface area contributed by atoms with Crippen LogP contribution in [0.4, 0.5) is 0 Å². The summed E-state index contributed by atoms with van der Waals surface area (Å²) < 4.78 is 0. The first-order valence-electron chi connectivity index (χ1n) is 0.986. The van der Waals surface area contributed by atoms with Crippen molar-refractivity contribution in [2.24, 2.45) is 0 Å². The molecule has 0 radical (unpaired) electrons. The van der Waals surface area contributed by atoms with Crippen LogP contribution >= 0.6 is 0 Å². The molecule has 0 bridgehead atoms. The number of hydrogen-bond donors (Lipinski definition) is 0. The van der Waals surface area contributed by atoms with Gasteiger partial charge in [0.15, 0.2) is 0 Å². The van der Waals surface area contributed by atoms with Crippen molar-refractivity contribution in [2.45, 2.75) is 6.92 Å². The molecule has 0 saturated heterocycles. The third-order valence-electron chi connectivity index (χ3n) is 0. The van der Waals surface area contributed by atoms with Crippen LogP contribution in [-0.4, -0.2) is 0 Å².